The molecule has 0 aliphatic rings. The summed E-state index contributed by atoms with van der Waals surface area (Å²) in [5.41, 5.74) is -0.372. The van der Waals surface area contributed by atoms with Crippen LogP contribution in [0.25, 0.3) is 17.1 Å². The number of hydrogen-bond acceptors (Lipinski definition) is 5. The molecule has 2 heterocycles. The summed E-state index contributed by atoms with van der Waals surface area (Å²) in [6, 6.07) is 6.61. The molecule has 0 saturated carbocycles. The van der Waals surface area contributed by atoms with Crippen molar-refractivity contribution in [3.63, 3.8) is 0 Å². The first-order valence-corrected chi connectivity index (χ1v) is 9.01. The van der Waals surface area contributed by atoms with Crippen LogP contribution in [-0.2, 0) is 7.05 Å². The van der Waals surface area contributed by atoms with Gasteiger partial charge in [0.05, 0.1) is 17.1 Å². The zero-order valence-electron chi connectivity index (χ0n) is 16.6. The summed E-state index contributed by atoms with van der Waals surface area (Å²) in [5, 5.41) is 3.93. The molecule has 0 N–H and O–H groups in total. The lowest BCUT2D eigenvalue weighted by Gasteiger charge is -2.20. The molecule has 13 heteroatoms. The van der Waals surface area contributed by atoms with E-state index in [-0.39, 0.29) is 17.1 Å². The van der Waals surface area contributed by atoms with Crippen LogP contribution in [0.3, 0.4) is 0 Å². The van der Waals surface area contributed by atoms with E-state index in [1.165, 1.54) is 29.1 Å². The smallest absolute Gasteiger partial charge is 0.425 e. The fourth-order valence-electron chi connectivity index (χ4n) is 2.62. The van der Waals surface area contributed by atoms with Gasteiger partial charge in [-0.1, -0.05) is 0 Å². The van der Waals surface area contributed by atoms with Gasteiger partial charge in [-0.15, -0.1) is 0 Å². The average Bonchev–Trinajstić information content (AvgIpc) is 3.11. The van der Waals surface area contributed by atoms with E-state index >= 15 is 0 Å². The predicted octanol–water partition coefficient (Wildman–Crippen LogP) is 3.90. The van der Waals surface area contributed by atoms with Crippen LogP contribution < -0.4 is 15.0 Å². The normalized spacial score (nSPS) is 13.1. The van der Waals surface area contributed by atoms with Crippen molar-refractivity contribution in [3.8, 4) is 28.8 Å². The number of benzene rings is 1. The molecule has 3 rings (SSSR count). The van der Waals surface area contributed by atoms with Crippen LogP contribution in [-0.4, -0.2) is 44.4 Å². The van der Waals surface area contributed by atoms with Crippen LogP contribution in [0.5, 0.6) is 11.8 Å². The van der Waals surface area contributed by atoms with E-state index in [1.807, 2.05) is 0 Å². The molecule has 3 aromatic rings. The van der Waals surface area contributed by atoms with Gasteiger partial charge in [-0.2, -0.15) is 36.4 Å². The highest BCUT2D eigenvalue weighted by molar-refractivity contribution is 5.54. The van der Waals surface area contributed by atoms with Crippen LogP contribution in [0.1, 0.15) is 6.92 Å². The molecule has 1 atom stereocenters. The lowest BCUT2D eigenvalue weighted by molar-refractivity contribution is -0.191. The van der Waals surface area contributed by atoms with Crippen LogP contribution in [0.2, 0.25) is 0 Å². The third kappa shape index (κ3) is 5.39. The summed E-state index contributed by atoms with van der Waals surface area (Å²) in [4.78, 5) is 16.9. The Bertz CT molecular complexity index is 1140. The summed E-state index contributed by atoms with van der Waals surface area (Å²) >= 11 is 0. The number of aryl methyl sites for hydroxylation is 1. The van der Waals surface area contributed by atoms with Crippen LogP contribution in [0.4, 0.5) is 26.3 Å². The first-order chi connectivity index (χ1) is 14.8. The Morgan fingerprint density at radius 1 is 1.06 bits per heavy atom. The molecule has 0 saturated heterocycles. The van der Waals surface area contributed by atoms with Crippen molar-refractivity contribution in [2.45, 2.75) is 25.4 Å². The molecular formula is C19H16F6N4O3. The van der Waals surface area contributed by atoms with E-state index < -0.39 is 36.6 Å². The summed E-state index contributed by atoms with van der Waals surface area (Å²) < 4.78 is 87.8. The molecule has 0 amide bonds. The average molecular weight is 462 g/mol. The quantitative estimate of drug-likeness (QED) is 0.520. The molecule has 0 aliphatic carbocycles. The van der Waals surface area contributed by atoms with Gasteiger partial charge >= 0.3 is 18.4 Å². The molecule has 2 aromatic heterocycles. The third-order valence-corrected chi connectivity index (χ3v) is 4.21. The third-order valence-electron chi connectivity index (χ3n) is 4.21. The molecule has 0 bridgehead atoms. The van der Waals surface area contributed by atoms with E-state index in [4.69, 9.17) is 4.74 Å². The fourth-order valence-corrected chi connectivity index (χ4v) is 2.62. The first-order valence-electron chi connectivity index (χ1n) is 9.01. The Labute approximate surface area is 176 Å². The Hall–Kier alpha value is -3.51. The second-order valence-corrected chi connectivity index (χ2v) is 6.64. The monoisotopic (exact) mass is 462 g/mol. The standard InChI is InChI=1S/C19H16F6N4O3/c1-11(19(23,24)25)32-17-27-14(15-7-8-26-28(15)2)9-16(30)29(17)12-3-5-13(6-4-12)31-10-18(20,21)22/h3-9,11H,10H2,1-2H3/t11-/m0/s1. The lowest BCUT2D eigenvalue weighted by Crippen LogP contribution is -2.34. The molecule has 0 spiro atoms. The van der Waals surface area contributed by atoms with E-state index in [0.717, 1.165) is 29.7 Å². The Morgan fingerprint density at radius 2 is 1.72 bits per heavy atom. The second-order valence-electron chi connectivity index (χ2n) is 6.64. The molecule has 1 aromatic carbocycles. The van der Waals surface area contributed by atoms with Gasteiger partial charge in [0.2, 0.25) is 0 Å². The number of rotatable bonds is 6. The van der Waals surface area contributed by atoms with Crippen LogP contribution >= 0.6 is 0 Å². The van der Waals surface area contributed by atoms with Gasteiger partial charge in [-0.3, -0.25) is 9.48 Å². The van der Waals surface area contributed by atoms with Gasteiger partial charge in [0.25, 0.3) is 5.56 Å². The van der Waals surface area contributed by atoms with Crippen molar-refractivity contribution in [2.24, 2.45) is 7.05 Å². The first kappa shape index (κ1) is 23.2. The molecule has 0 unspecified atom stereocenters. The highest BCUT2D eigenvalue weighted by Crippen LogP contribution is 2.27. The lowest BCUT2D eigenvalue weighted by atomic mass is 10.2. The number of aromatic nitrogens is 4. The van der Waals surface area contributed by atoms with Crippen molar-refractivity contribution in [1.29, 1.82) is 0 Å². The molecular weight excluding hydrogens is 446 g/mol. The summed E-state index contributed by atoms with van der Waals surface area (Å²) in [7, 11) is 1.56. The molecule has 172 valence electrons. The van der Waals surface area contributed by atoms with Crippen molar-refractivity contribution in [2.75, 3.05) is 6.61 Å². The highest BCUT2D eigenvalue weighted by Gasteiger charge is 2.39. The Balaban J connectivity index is 2.04. The van der Waals surface area contributed by atoms with E-state index in [9.17, 15) is 31.1 Å². The minimum Gasteiger partial charge on any atom is -0.484 e. The molecule has 0 radical (unpaired) electrons. The van der Waals surface area contributed by atoms with Gasteiger partial charge in [0.1, 0.15) is 5.75 Å². The summed E-state index contributed by atoms with van der Waals surface area (Å²) in [6.45, 7) is -0.772. The van der Waals surface area contributed by atoms with Gasteiger partial charge < -0.3 is 9.47 Å². The number of ether oxygens (including phenoxy) is 2. The van der Waals surface area contributed by atoms with Crippen LogP contribution in [0.15, 0.2) is 47.4 Å². The maximum atomic E-state index is 13.1. The predicted molar refractivity (Wildman–Crippen MR) is 99.7 cm³/mol. The number of alkyl halides is 6. The highest BCUT2D eigenvalue weighted by atomic mass is 19.4. The zero-order valence-corrected chi connectivity index (χ0v) is 16.6. The maximum absolute atomic E-state index is 13.1. The van der Waals surface area contributed by atoms with Crippen LogP contribution in [0, 0.1) is 0 Å². The van der Waals surface area contributed by atoms with Gasteiger partial charge in [-0.25, -0.2) is 4.57 Å². The molecule has 7 nitrogen and oxygen atoms in total. The Kier molecular flexibility index (Phi) is 6.19. The number of nitrogens with zero attached hydrogens (tertiary/aromatic N) is 4. The van der Waals surface area contributed by atoms with Crippen molar-refractivity contribution in [3.05, 3.63) is 52.9 Å². The minimum absolute atomic E-state index is 0.0165. The van der Waals surface area contributed by atoms with Crippen molar-refractivity contribution in [1.82, 2.24) is 19.3 Å². The molecule has 32 heavy (non-hydrogen) atoms. The SMILES string of the molecule is C[C@H](Oc1nc(-c2ccnn2C)cc(=O)n1-c1ccc(OCC(F)(F)F)cc1)C(F)(F)F. The zero-order chi connectivity index (χ0) is 23.7. The summed E-state index contributed by atoms with van der Waals surface area (Å²) in [5.74, 6) is -0.148. The fraction of sp³-hybridized carbons (Fsp3) is 0.316. The molecule has 0 aliphatic heterocycles. The number of hydrogen-bond donors (Lipinski definition) is 0. The maximum Gasteiger partial charge on any atom is 0.425 e. The van der Waals surface area contributed by atoms with Gasteiger partial charge in [0.15, 0.2) is 12.7 Å². The second kappa shape index (κ2) is 8.55. The van der Waals surface area contributed by atoms with E-state index in [0.29, 0.717) is 5.69 Å². The van der Waals surface area contributed by atoms with E-state index in [1.54, 1.807) is 7.05 Å². The van der Waals surface area contributed by atoms with Crippen molar-refractivity contribution >= 4 is 0 Å². The van der Waals surface area contributed by atoms with Gasteiger partial charge in [-0.05, 0) is 37.3 Å². The topological polar surface area (TPSA) is 71.2 Å². The van der Waals surface area contributed by atoms with Crippen molar-refractivity contribution < 1.29 is 35.8 Å². The minimum atomic E-state index is -4.74. The Morgan fingerprint density at radius 3 is 2.25 bits per heavy atom. The molecule has 0 fully saturated rings. The van der Waals surface area contributed by atoms with Gasteiger partial charge in [0, 0.05) is 19.3 Å². The van der Waals surface area contributed by atoms with E-state index in [2.05, 4.69) is 14.8 Å². The largest absolute Gasteiger partial charge is 0.484 e. The summed E-state index contributed by atoms with van der Waals surface area (Å²) in [6.07, 6.45) is -10.2. The number of halogens is 6.